The largest absolute Gasteiger partial charge is 0.486 e. The number of nitro groups is 1. The van der Waals surface area contributed by atoms with Crippen LogP contribution in [0.3, 0.4) is 0 Å². The zero-order valence-corrected chi connectivity index (χ0v) is 18.5. The summed E-state index contributed by atoms with van der Waals surface area (Å²) in [7, 11) is 0. The van der Waals surface area contributed by atoms with E-state index in [1.165, 1.54) is 12.3 Å². The summed E-state index contributed by atoms with van der Waals surface area (Å²) in [5, 5.41) is 14.4. The van der Waals surface area contributed by atoms with Gasteiger partial charge in [-0.2, -0.15) is 4.39 Å². The maximum absolute atomic E-state index is 14.3. The van der Waals surface area contributed by atoms with Gasteiger partial charge >= 0.3 is 5.82 Å². The van der Waals surface area contributed by atoms with Crippen molar-refractivity contribution in [3.8, 4) is 5.75 Å². The van der Waals surface area contributed by atoms with Crippen LogP contribution in [-0.4, -0.2) is 40.2 Å². The van der Waals surface area contributed by atoms with Crippen molar-refractivity contribution in [2.45, 2.75) is 38.4 Å². The molecule has 0 spiro atoms. The number of aromatic nitrogens is 2. The summed E-state index contributed by atoms with van der Waals surface area (Å²) < 4.78 is 35.6. The van der Waals surface area contributed by atoms with Gasteiger partial charge in [0.2, 0.25) is 5.82 Å². The molecule has 0 saturated carbocycles. The van der Waals surface area contributed by atoms with Crippen LogP contribution in [0.2, 0.25) is 0 Å². The van der Waals surface area contributed by atoms with Crippen molar-refractivity contribution in [2.75, 3.05) is 24.6 Å². The van der Waals surface area contributed by atoms with Crippen LogP contribution in [-0.2, 0) is 6.54 Å². The summed E-state index contributed by atoms with van der Waals surface area (Å²) in [4.78, 5) is 29.4. The van der Waals surface area contributed by atoms with Crippen LogP contribution in [0.5, 0.6) is 5.75 Å². The summed E-state index contributed by atoms with van der Waals surface area (Å²) in [6.07, 6.45) is 4.99. The molecule has 1 N–H and O–H groups in total. The zero-order valence-electron chi connectivity index (χ0n) is 18.5. The molecular formula is C23H23F2N5O4. The Morgan fingerprint density at radius 1 is 1.35 bits per heavy atom. The maximum atomic E-state index is 14.3. The minimum atomic E-state index is -1.11. The number of anilines is 1. The van der Waals surface area contributed by atoms with E-state index in [0.717, 1.165) is 31.1 Å². The van der Waals surface area contributed by atoms with Crippen LogP contribution in [0.25, 0.3) is 10.9 Å². The van der Waals surface area contributed by atoms with Crippen molar-refractivity contribution in [3.63, 3.8) is 0 Å². The fraction of sp³-hybridized carbons (Fsp3) is 0.391. The summed E-state index contributed by atoms with van der Waals surface area (Å²) in [5.74, 6) is -2.61. The third kappa shape index (κ3) is 3.85. The molecule has 1 saturated heterocycles. The molecule has 2 aromatic heterocycles. The molecule has 4 heterocycles. The number of halogens is 2. The molecule has 0 aliphatic carbocycles. The molecule has 9 nitrogen and oxygen atoms in total. The number of rotatable bonds is 5. The predicted molar refractivity (Wildman–Crippen MR) is 121 cm³/mol. The second-order valence-electron chi connectivity index (χ2n) is 8.75. The highest BCUT2D eigenvalue weighted by molar-refractivity contribution is 5.86. The Bertz CT molecular complexity index is 1330. The molecule has 0 amide bonds. The molecule has 34 heavy (non-hydrogen) atoms. The van der Waals surface area contributed by atoms with Gasteiger partial charge < -0.3 is 29.6 Å². The highest BCUT2D eigenvalue weighted by Crippen LogP contribution is 2.35. The lowest BCUT2D eigenvalue weighted by atomic mass is 10.0. The van der Waals surface area contributed by atoms with E-state index in [2.05, 4.69) is 15.2 Å². The molecule has 2 atom stereocenters. The maximum Gasteiger partial charge on any atom is 0.363 e. The number of hydrogen-bond donors (Lipinski definition) is 1. The SMILES string of the molecule is CC1COc2c(F)c(F)cc3c(=O)c(CN[C@H]4CCCN(c5ccc([N+](=O)[O-])nc5)C4)cn1c23. The van der Waals surface area contributed by atoms with Crippen LogP contribution < -0.4 is 20.4 Å². The van der Waals surface area contributed by atoms with Crippen molar-refractivity contribution < 1.29 is 18.4 Å². The minimum absolute atomic E-state index is 0.0710. The zero-order chi connectivity index (χ0) is 24.0. The first-order valence-electron chi connectivity index (χ1n) is 11.1. The highest BCUT2D eigenvalue weighted by atomic mass is 19.2. The van der Waals surface area contributed by atoms with E-state index in [1.54, 1.807) is 16.8 Å². The average Bonchev–Trinajstić information content (AvgIpc) is 2.84. The molecule has 11 heteroatoms. The Labute approximate surface area is 193 Å². The van der Waals surface area contributed by atoms with Crippen LogP contribution in [0.4, 0.5) is 20.3 Å². The fourth-order valence-corrected chi connectivity index (χ4v) is 4.68. The molecule has 0 radical (unpaired) electrons. The third-order valence-electron chi connectivity index (χ3n) is 6.47. The van der Waals surface area contributed by atoms with E-state index in [9.17, 15) is 23.7 Å². The van der Waals surface area contributed by atoms with Crippen molar-refractivity contribution in [2.24, 2.45) is 0 Å². The highest BCUT2D eigenvalue weighted by Gasteiger charge is 2.27. The van der Waals surface area contributed by atoms with E-state index in [4.69, 9.17) is 4.74 Å². The Hall–Kier alpha value is -3.60. The Morgan fingerprint density at radius 2 is 2.18 bits per heavy atom. The molecule has 1 aromatic carbocycles. The first-order valence-corrected chi connectivity index (χ1v) is 11.1. The topological polar surface area (TPSA) is 103 Å². The average molecular weight is 471 g/mol. The van der Waals surface area contributed by atoms with Crippen LogP contribution >= 0.6 is 0 Å². The number of piperidine rings is 1. The Kier molecular flexibility index (Phi) is 5.64. The Balaban J connectivity index is 1.37. The van der Waals surface area contributed by atoms with Gasteiger partial charge in [-0.25, -0.2) is 4.39 Å². The molecule has 1 fully saturated rings. The lowest BCUT2D eigenvalue weighted by molar-refractivity contribution is -0.389. The van der Waals surface area contributed by atoms with Gasteiger partial charge in [0.15, 0.2) is 23.2 Å². The lowest BCUT2D eigenvalue weighted by Crippen LogP contribution is -2.46. The van der Waals surface area contributed by atoms with Gasteiger partial charge in [0.05, 0.1) is 22.6 Å². The number of hydrogen-bond acceptors (Lipinski definition) is 7. The van der Waals surface area contributed by atoms with Crippen molar-refractivity contribution in [1.29, 1.82) is 0 Å². The summed E-state index contributed by atoms with van der Waals surface area (Å²) in [5.41, 5.74) is 1.18. The lowest BCUT2D eigenvalue weighted by Gasteiger charge is -2.34. The quantitative estimate of drug-likeness (QED) is 0.450. The predicted octanol–water partition coefficient (Wildman–Crippen LogP) is 3.29. The normalized spacial score (nSPS) is 19.8. The third-order valence-corrected chi connectivity index (χ3v) is 6.47. The molecule has 2 aliphatic rings. The number of nitrogens with zero attached hydrogens (tertiary/aromatic N) is 4. The summed E-state index contributed by atoms with van der Waals surface area (Å²) in [6.45, 7) is 3.79. The number of ether oxygens (including phenoxy) is 1. The van der Waals surface area contributed by atoms with E-state index in [0.29, 0.717) is 12.1 Å². The summed E-state index contributed by atoms with van der Waals surface area (Å²) >= 11 is 0. The molecular weight excluding hydrogens is 448 g/mol. The van der Waals surface area contributed by atoms with E-state index in [1.807, 2.05) is 6.92 Å². The van der Waals surface area contributed by atoms with Crippen LogP contribution in [0, 0.1) is 21.7 Å². The molecule has 5 rings (SSSR count). The van der Waals surface area contributed by atoms with E-state index >= 15 is 0 Å². The number of pyridine rings is 2. The van der Waals surface area contributed by atoms with Gasteiger partial charge in [-0.1, -0.05) is 0 Å². The first kappa shape index (κ1) is 22.2. The van der Waals surface area contributed by atoms with Gasteiger partial charge in [-0.15, -0.1) is 0 Å². The molecule has 2 aliphatic heterocycles. The first-order chi connectivity index (χ1) is 16.3. The Morgan fingerprint density at radius 3 is 2.91 bits per heavy atom. The number of benzene rings is 1. The summed E-state index contributed by atoms with van der Waals surface area (Å²) in [6, 6.07) is 3.94. The van der Waals surface area contributed by atoms with Crippen molar-refractivity contribution >= 4 is 22.4 Å². The number of nitrogens with one attached hydrogen (secondary N) is 1. The standard InChI is InChI=1S/C23H23F2N5O4/c1-13-12-34-23-20(25)18(24)7-17-21(23)29(13)10-14(22(17)31)8-26-15-3-2-6-28(11-15)16-4-5-19(27-9-16)30(32)33/h4-5,7,9-10,13,15,26H,2-3,6,8,11-12H2,1H3/t13?,15-/m0/s1. The van der Waals surface area contributed by atoms with Gasteiger partial charge in [-0.3, -0.25) is 4.79 Å². The van der Waals surface area contributed by atoms with E-state index < -0.39 is 16.6 Å². The van der Waals surface area contributed by atoms with Crippen molar-refractivity contribution in [3.05, 3.63) is 68.1 Å². The van der Waals surface area contributed by atoms with Crippen LogP contribution in [0.1, 0.15) is 31.4 Å². The van der Waals surface area contributed by atoms with Gasteiger partial charge in [-0.05, 0) is 41.8 Å². The molecule has 1 unspecified atom stereocenters. The van der Waals surface area contributed by atoms with E-state index in [-0.39, 0.29) is 53.1 Å². The fourth-order valence-electron chi connectivity index (χ4n) is 4.68. The monoisotopic (exact) mass is 471 g/mol. The smallest absolute Gasteiger partial charge is 0.363 e. The van der Waals surface area contributed by atoms with Crippen LogP contribution in [0.15, 0.2) is 35.4 Å². The molecule has 0 bridgehead atoms. The van der Waals surface area contributed by atoms with Crippen molar-refractivity contribution in [1.82, 2.24) is 14.9 Å². The van der Waals surface area contributed by atoms with Gasteiger partial charge in [0, 0.05) is 43.5 Å². The second-order valence-corrected chi connectivity index (χ2v) is 8.75. The van der Waals surface area contributed by atoms with Gasteiger partial charge in [0.1, 0.15) is 6.61 Å². The molecule has 3 aromatic rings. The molecule has 178 valence electrons. The second kappa shape index (κ2) is 8.64. The van der Waals surface area contributed by atoms with Gasteiger partial charge in [0.25, 0.3) is 0 Å². The minimum Gasteiger partial charge on any atom is -0.486 e.